The predicted octanol–water partition coefficient (Wildman–Crippen LogP) is 0.894. The van der Waals surface area contributed by atoms with Gasteiger partial charge in [-0.3, -0.25) is 4.40 Å². The van der Waals surface area contributed by atoms with Crippen LogP contribution in [0.5, 0.6) is 0 Å². The first-order chi connectivity index (χ1) is 10.1. The monoisotopic (exact) mass is 323 g/mol. The Kier molecular flexibility index (Phi) is 3.62. The van der Waals surface area contributed by atoms with E-state index in [9.17, 15) is 8.42 Å². The average Bonchev–Trinajstić information content (AvgIpc) is 3.04. The van der Waals surface area contributed by atoms with Crippen LogP contribution in [0.15, 0.2) is 40.3 Å². The van der Waals surface area contributed by atoms with Gasteiger partial charge in [-0.2, -0.15) is 0 Å². The van der Waals surface area contributed by atoms with E-state index in [0.29, 0.717) is 12.1 Å². The standard InChI is InChI=1S/C12H13N5O2S2/c13-11-12(17-6-2-1-3-10(17)16-11)21(18,19)15-5-4-9-7-20-8-14-9/h1-3,6-8,15H,4-5,13H2. The van der Waals surface area contributed by atoms with Crippen LogP contribution in [-0.2, 0) is 16.4 Å². The molecule has 0 aliphatic carbocycles. The predicted molar refractivity (Wildman–Crippen MR) is 80.6 cm³/mol. The summed E-state index contributed by atoms with van der Waals surface area (Å²) in [5.74, 6) is -0.0117. The Balaban J connectivity index is 1.84. The molecule has 0 radical (unpaired) electrons. The zero-order valence-electron chi connectivity index (χ0n) is 10.9. The Labute approximate surface area is 125 Å². The average molecular weight is 323 g/mol. The third-order valence-corrected chi connectivity index (χ3v) is 5.06. The largest absolute Gasteiger partial charge is 0.381 e. The van der Waals surface area contributed by atoms with Gasteiger partial charge in [0.15, 0.2) is 10.8 Å². The Morgan fingerprint density at radius 3 is 3.00 bits per heavy atom. The molecule has 21 heavy (non-hydrogen) atoms. The van der Waals surface area contributed by atoms with E-state index in [-0.39, 0.29) is 17.4 Å². The first kappa shape index (κ1) is 14.0. The molecule has 0 bridgehead atoms. The van der Waals surface area contributed by atoms with Gasteiger partial charge in [-0.25, -0.2) is 23.1 Å². The van der Waals surface area contributed by atoms with Gasteiger partial charge in [0.1, 0.15) is 5.65 Å². The molecule has 3 rings (SSSR count). The van der Waals surface area contributed by atoms with Crippen LogP contribution in [0.2, 0.25) is 0 Å². The summed E-state index contributed by atoms with van der Waals surface area (Å²) in [5, 5.41) is 1.85. The molecule has 110 valence electrons. The molecule has 3 aromatic heterocycles. The minimum atomic E-state index is -3.73. The highest BCUT2D eigenvalue weighted by molar-refractivity contribution is 7.89. The second-order valence-electron chi connectivity index (χ2n) is 4.36. The van der Waals surface area contributed by atoms with E-state index in [1.807, 2.05) is 5.38 Å². The van der Waals surface area contributed by atoms with Gasteiger partial charge >= 0.3 is 0 Å². The van der Waals surface area contributed by atoms with Crippen LogP contribution in [0.4, 0.5) is 5.82 Å². The second kappa shape index (κ2) is 5.43. The number of rotatable bonds is 5. The molecular formula is C12H13N5O2S2. The highest BCUT2D eigenvalue weighted by Crippen LogP contribution is 2.19. The van der Waals surface area contributed by atoms with Crippen molar-refractivity contribution in [1.82, 2.24) is 19.1 Å². The fraction of sp³-hybridized carbons (Fsp3) is 0.167. The first-order valence-electron chi connectivity index (χ1n) is 6.17. The molecule has 3 N–H and O–H groups in total. The summed E-state index contributed by atoms with van der Waals surface area (Å²) in [7, 11) is -3.73. The van der Waals surface area contributed by atoms with E-state index in [1.165, 1.54) is 15.7 Å². The third-order valence-electron chi connectivity index (χ3n) is 2.92. The Bertz CT molecular complexity index is 855. The number of nitrogens with one attached hydrogen (secondary N) is 1. The van der Waals surface area contributed by atoms with Gasteiger partial charge < -0.3 is 5.73 Å². The van der Waals surface area contributed by atoms with Crippen molar-refractivity contribution in [2.24, 2.45) is 0 Å². The molecule has 0 saturated carbocycles. The third kappa shape index (κ3) is 2.75. The molecule has 7 nitrogen and oxygen atoms in total. The van der Waals surface area contributed by atoms with E-state index in [4.69, 9.17) is 5.73 Å². The lowest BCUT2D eigenvalue weighted by molar-refractivity contribution is 0.577. The fourth-order valence-electron chi connectivity index (χ4n) is 2.00. The number of thiazole rings is 1. The van der Waals surface area contributed by atoms with E-state index < -0.39 is 10.0 Å². The first-order valence-corrected chi connectivity index (χ1v) is 8.60. The Morgan fingerprint density at radius 1 is 1.38 bits per heavy atom. The quantitative estimate of drug-likeness (QED) is 0.726. The zero-order chi connectivity index (χ0) is 14.9. The van der Waals surface area contributed by atoms with Crippen molar-refractivity contribution in [1.29, 1.82) is 0 Å². The van der Waals surface area contributed by atoms with E-state index >= 15 is 0 Å². The summed E-state index contributed by atoms with van der Waals surface area (Å²) in [6.45, 7) is 0.256. The Hall–Kier alpha value is -1.97. The van der Waals surface area contributed by atoms with Crippen LogP contribution in [0.25, 0.3) is 5.65 Å². The van der Waals surface area contributed by atoms with Gasteiger partial charge in [-0.05, 0) is 12.1 Å². The topological polar surface area (TPSA) is 102 Å². The molecule has 0 aliphatic rings. The number of sulfonamides is 1. The second-order valence-corrected chi connectivity index (χ2v) is 6.76. The highest BCUT2D eigenvalue weighted by atomic mass is 32.2. The molecular weight excluding hydrogens is 310 g/mol. The maximum absolute atomic E-state index is 12.4. The van der Waals surface area contributed by atoms with E-state index in [1.54, 1.807) is 29.9 Å². The molecule has 9 heteroatoms. The van der Waals surface area contributed by atoms with Gasteiger partial charge in [0.05, 0.1) is 11.2 Å². The molecule has 0 aliphatic heterocycles. The summed E-state index contributed by atoms with van der Waals surface area (Å²) in [6.07, 6.45) is 2.15. The van der Waals surface area contributed by atoms with Crippen LogP contribution in [0.3, 0.4) is 0 Å². The van der Waals surface area contributed by atoms with Crippen molar-refractivity contribution in [2.45, 2.75) is 11.4 Å². The maximum atomic E-state index is 12.4. The lowest BCUT2D eigenvalue weighted by atomic mass is 10.3. The molecule has 0 aromatic carbocycles. The number of fused-ring (bicyclic) bond motifs is 1. The van der Waals surface area contributed by atoms with E-state index in [2.05, 4.69) is 14.7 Å². The molecule has 0 amide bonds. The zero-order valence-corrected chi connectivity index (χ0v) is 12.6. The van der Waals surface area contributed by atoms with Crippen molar-refractivity contribution in [2.75, 3.05) is 12.3 Å². The van der Waals surface area contributed by atoms with Gasteiger partial charge in [0.25, 0.3) is 10.0 Å². The lowest BCUT2D eigenvalue weighted by Crippen LogP contribution is -2.27. The smallest absolute Gasteiger partial charge is 0.260 e. The molecule has 0 atom stereocenters. The summed E-state index contributed by atoms with van der Waals surface area (Å²) in [5.41, 5.74) is 8.81. The van der Waals surface area contributed by atoms with Crippen molar-refractivity contribution in [3.8, 4) is 0 Å². The highest BCUT2D eigenvalue weighted by Gasteiger charge is 2.23. The van der Waals surface area contributed by atoms with Gasteiger partial charge in [0.2, 0.25) is 0 Å². The summed E-state index contributed by atoms with van der Waals surface area (Å²) < 4.78 is 28.8. The molecule has 0 saturated heterocycles. The molecule has 0 spiro atoms. The number of pyridine rings is 1. The minimum absolute atomic E-state index is 0.0117. The number of anilines is 1. The number of nitrogens with zero attached hydrogens (tertiary/aromatic N) is 3. The molecule has 0 unspecified atom stereocenters. The number of nitrogen functional groups attached to an aromatic ring is 1. The SMILES string of the molecule is Nc1nc2ccccn2c1S(=O)(=O)NCCc1cscn1. The van der Waals surface area contributed by atoms with Crippen LogP contribution in [0.1, 0.15) is 5.69 Å². The van der Waals surface area contributed by atoms with Crippen LogP contribution < -0.4 is 10.5 Å². The number of imidazole rings is 1. The molecule has 3 heterocycles. The minimum Gasteiger partial charge on any atom is -0.381 e. The van der Waals surface area contributed by atoms with Crippen LogP contribution >= 0.6 is 11.3 Å². The van der Waals surface area contributed by atoms with Crippen molar-refractivity contribution < 1.29 is 8.42 Å². The summed E-state index contributed by atoms with van der Waals surface area (Å²) in [4.78, 5) is 8.16. The summed E-state index contributed by atoms with van der Waals surface area (Å²) in [6, 6.07) is 5.20. The molecule has 0 fully saturated rings. The lowest BCUT2D eigenvalue weighted by Gasteiger charge is -2.06. The fourth-order valence-corrected chi connectivity index (χ4v) is 3.84. The van der Waals surface area contributed by atoms with Crippen LogP contribution in [-0.4, -0.2) is 29.3 Å². The van der Waals surface area contributed by atoms with Gasteiger partial charge in [0, 0.05) is 24.5 Å². The van der Waals surface area contributed by atoms with Crippen LogP contribution in [0, 0.1) is 0 Å². The maximum Gasteiger partial charge on any atom is 0.260 e. The van der Waals surface area contributed by atoms with Crippen molar-refractivity contribution >= 4 is 32.8 Å². The Morgan fingerprint density at radius 2 is 2.24 bits per heavy atom. The van der Waals surface area contributed by atoms with E-state index in [0.717, 1.165) is 5.69 Å². The normalized spacial score (nSPS) is 12.0. The number of hydrogen-bond acceptors (Lipinski definition) is 6. The molecule has 3 aromatic rings. The summed E-state index contributed by atoms with van der Waals surface area (Å²) >= 11 is 1.48. The van der Waals surface area contributed by atoms with Gasteiger partial charge in [-0.1, -0.05) is 6.07 Å². The number of nitrogens with two attached hydrogens (primary N) is 1. The van der Waals surface area contributed by atoms with Crippen molar-refractivity contribution in [3.05, 3.63) is 41.0 Å². The van der Waals surface area contributed by atoms with Gasteiger partial charge in [-0.15, -0.1) is 11.3 Å². The number of aromatic nitrogens is 3. The number of hydrogen-bond donors (Lipinski definition) is 2. The van der Waals surface area contributed by atoms with Crippen molar-refractivity contribution in [3.63, 3.8) is 0 Å².